The van der Waals surface area contributed by atoms with E-state index in [-0.39, 0.29) is 5.22 Å². The first-order chi connectivity index (χ1) is 7.81. The highest BCUT2D eigenvalue weighted by Gasteiger charge is 2.13. The lowest BCUT2D eigenvalue weighted by Crippen LogP contribution is -2.08. The minimum atomic E-state index is 0.269. The maximum Gasteiger partial charge on any atom is 0.252 e. The lowest BCUT2D eigenvalue weighted by atomic mass is 10.3. The quantitative estimate of drug-likeness (QED) is 0.813. The van der Waals surface area contributed by atoms with Crippen LogP contribution in [0.25, 0.3) is 11.5 Å². The van der Waals surface area contributed by atoms with Gasteiger partial charge >= 0.3 is 0 Å². The third kappa shape index (κ3) is 2.43. The molecular weight excluding hydrogens is 230 g/mol. The molecule has 0 aliphatic rings. The summed E-state index contributed by atoms with van der Waals surface area (Å²) >= 11 is 5.81. The molecule has 2 heterocycles. The van der Waals surface area contributed by atoms with Gasteiger partial charge in [-0.15, -0.1) is 10.2 Å². The van der Waals surface area contributed by atoms with Crippen LogP contribution in [0.2, 0.25) is 5.22 Å². The molecule has 0 saturated carbocycles. The standard InChI is InChI=1S/C10H12ClN3O2/c1-12-5-2-3-8-13-14-10(16-8)7-4-6-15-9(7)11/h4,6,12H,2-3,5H2,1H3. The van der Waals surface area contributed by atoms with Gasteiger partial charge in [0.05, 0.1) is 11.8 Å². The van der Waals surface area contributed by atoms with Gasteiger partial charge in [-0.2, -0.15) is 0 Å². The van der Waals surface area contributed by atoms with Crippen LogP contribution in [0.1, 0.15) is 12.3 Å². The molecule has 0 amide bonds. The van der Waals surface area contributed by atoms with Crippen molar-refractivity contribution in [2.75, 3.05) is 13.6 Å². The van der Waals surface area contributed by atoms with Crippen molar-refractivity contribution in [3.63, 3.8) is 0 Å². The molecule has 0 aliphatic heterocycles. The maximum atomic E-state index is 5.81. The van der Waals surface area contributed by atoms with Crippen LogP contribution in [0.15, 0.2) is 21.2 Å². The fourth-order valence-electron chi connectivity index (χ4n) is 1.33. The number of rotatable bonds is 5. The lowest BCUT2D eigenvalue weighted by Gasteiger charge is -1.94. The Balaban J connectivity index is 2.05. The number of aromatic nitrogens is 2. The number of aryl methyl sites for hydroxylation is 1. The zero-order valence-corrected chi connectivity index (χ0v) is 9.62. The van der Waals surface area contributed by atoms with E-state index >= 15 is 0 Å². The summed E-state index contributed by atoms with van der Waals surface area (Å²) in [6.07, 6.45) is 3.20. The summed E-state index contributed by atoms with van der Waals surface area (Å²) in [5, 5.41) is 11.2. The monoisotopic (exact) mass is 241 g/mol. The van der Waals surface area contributed by atoms with E-state index in [0.717, 1.165) is 19.4 Å². The van der Waals surface area contributed by atoms with Crippen LogP contribution in [-0.2, 0) is 6.42 Å². The van der Waals surface area contributed by atoms with E-state index in [2.05, 4.69) is 15.5 Å². The Morgan fingerprint density at radius 2 is 2.31 bits per heavy atom. The lowest BCUT2D eigenvalue weighted by molar-refractivity contribution is 0.493. The van der Waals surface area contributed by atoms with Gasteiger partial charge in [0.15, 0.2) is 0 Å². The molecule has 0 bridgehead atoms. The Hall–Kier alpha value is -1.33. The molecule has 0 aromatic carbocycles. The van der Waals surface area contributed by atoms with Crippen molar-refractivity contribution in [3.8, 4) is 11.5 Å². The molecule has 16 heavy (non-hydrogen) atoms. The van der Waals surface area contributed by atoms with E-state index in [1.54, 1.807) is 6.07 Å². The first-order valence-corrected chi connectivity index (χ1v) is 5.39. The number of nitrogens with one attached hydrogen (secondary N) is 1. The van der Waals surface area contributed by atoms with Crippen LogP contribution in [0, 0.1) is 0 Å². The third-order valence-corrected chi connectivity index (χ3v) is 2.43. The second-order valence-corrected chi connectivity index (χ2v) is 3.66. The zero-order chi connectivity index (χ0) is 11.4. The minimum absolute atomic E-state index is 0.269. The molecule has 0 unspecified atom stereocenters. The summed E-state index contributed by atoms with van der Waals surface area (Å²) in [5.41, 5.74) is 0.633. The van der Waals surface area contributed by atoms with Crippen LogP contribution in [0.3, 0.4) is 0 Å². The number of furan rings is 1. The van der Waals surface area contributed by atoms with Crippen molar-refractivity contribution in [3.05, 3.63) is 23.4 Å². The Kier molecular flexibility index (Phi) is 3.58. The maximum absolute atomic E-state index is 5.81. The first-order valence-electron chi connectivity index (χ1n) is 5.01. The molecule has 0 spiro atoms. The predicted molar refractivity (Wildman–Crippen MR) is 59.3 cm³/mol. The molecule has 0 fully saturated rings. The van der Waals surface area contributed by atoms with E-state index in [1.165, 1.54) is 6.26 Å². The molecule has 0 saturated heterocycles. The van der Waals surface area contributed by atoms with Crippen molar-refractivity contribution < 1.29 is 8.83 Å². The van der Waals surface area contributed by atoms with Crippen LogP contribution in [0.4, 0.5) is 0 Å². The Morgan fingerprint density at radius 3 is 3.00 bits per heavy atom. The van der Waals surface area contributed by atoms with Gasteiger partial charge in [0, 0.05) is 6.42 Å². The van der Waals surface area contributed by atoms with Crippen LogP contribution in [0.5, 0.6) is 0 Å². The van der Waals surface area contributed by atoms with Crippen molar-refractivity contribution in [2.45, 2.75) is 12.8 Å². The molecule has 5 nitrogen and oxygen atoms in total. The van der Waals surface area contributed by atoms with Gasteiger partial charge in [0.25, 0.3) is 5.89 Å². The normalized spacial score (nSPS) is 10.9. The number of hydrogen-bond donors (Lipinski definition) is 1. The highest BCUT2D eigenvalue weighted by Crippen LogP contribution is 2.27. The zero-order valence-electron chi connectivity index (χ0n) is 8.86. The molecule has 0 atom stereocenters. The summed E-state index contributed by atoms with van der Waals surface area (Å²) in [5.74, 6) is 1.01. The van der Waals surface area contributed by atoms with Gasteiger partial charge < -0.3 is 14.2 Å². The van der Waals surface area contributed by atoms with Gasteiger partial charge in [0.1, 0.15) is 0 Å². The van der Waals surface area contributed by atoms with Crippen molar-refractivity contribution in [1.29, 1.82) is 0 Å². The minimum Gasteiger partial charge on any atom is -0.452 e. The van der Waals surface area contributed by atoms with Gasteiger partial charge in [0.2, 0.25) is 11.1 Å². The van der Waals surface area contributed by atoms with Crippen LogP contribution < -0.4 is 5.32 Å². The molecule has 0 radical (unpaired) electrons. The van der Waals surface area contributed by atoms with Crippen LogP contribution in [-0.4, -0.2) is 23.8 Å². The second kappa shape index (κ2) is 5.14. The van der Waals surface area contributed by atoms with Gasteiger partial charge in [-0.3, -0.25) is 0 Å². The van der Waals surface area contributed by atoms with Crippen LogP contribution >= 0.6 is 11.6 Å². The SMILES string of the molecule is CNCCCc1nnc(-c2ccoc2Cl)o1. The molecule has 2 rings (SSSR count). The summed E-state index contributed by atoms with van der Waals surface area (Å²) in [6.45, 7) is 0.921. The highest BCUT2D eigenvalue weighted by molar-refractivity contribution is 6.31. The Bertz CT molecular complexity index is 452. The fraction of sp³-hybridized carbons (Fsp3) is 0.400. The topological polar surface area (TPSA) is 64.1 Å². The number of hydrogen-bond acceptors (Lipinski definition) is 5. The van der Waals surface area contributed by atoms with Crippen molar-refractivity contribution >= 4 is 11.6 Å². The van der Waals surface area contributed by atoms with E-state index in [4.69, 9.17) is 20.4 Å². The molecule has 2 aromatic heterocycles. The smallest absolute Gasteiger partial charge is 0.252 e. The largest absolute Gasteiger partial charge is 0.452 e. The number of nitrogens with zero attached hydrogens (tertiary/aromatic N) is 2. The predicted octanol–water partition coefficient (Wildman–Crippen LogP) is 2.13. The molecular formula is C10H12ClN3O2. The van der Waals surface area contributed by atoms with E-state index in [0.29, 0.717) is 17.3 Å². The summed E-state index contributed by atoms with van der Waals surface area (Å²) in [4.78, 5) is 0. The summed E-state index contributed by atoms with van der Waals surface area (Å²) in [6, 6.07) is 1.70. The average Bonchev–Trinajstić information content (AvgIpc) is 2.87. The van der Waals surface area contributed by atoms with Gasteiger partial charge in [-0.05, 0) is 37.7 Å². The molecule has 1 N–H and O–H groups in total. The highest BCUT2D eigenvalue weighted by atomic mass is 35.5. The number of halogens is 1. The van der Waals surface area contributed by atoms with Gasteiger partial charge in [-0.25, -0.2) is 0 Å². The fourth-order valence-corrected chi connectivity index (χ4v) is 1.52. The Morgan fingerprint density at radius 1 is 1.44 bits per heavy atom. The molecule has 6 heteroatoms. The van der Waals surface area contributed by atoms with E-state index in [1.807, 2.05) is 7.05 Å². The summed E-state index contributed by atoms with van der Waals surface area (Å²) < 4.78 is 10.4. The first kappa shape index (κ1) is 11.2. The van der Waals surface area contributed by atoms with E-state index < -0.39 is 0 Å². The molecule has 86 valence electrons. The van der Waals surface area contributed by atoms with Crippen molar-refractivity contribution in [2.24, 2.45) is 0 Å². The van der Waals surface area contributed by atoms with Crippen molar-refractivity contribution in [1.82, 2.24) is 15.5 Å². The molecule has 0 aliphatic carbocycles. The third-order valence-electron chi connectivity index (χ3n) is 2.13. The average molecular weight is 242 g/mol. The molecule has 2 aromatic rings. The second-order valence-electron chi connectivity index (χ2n) is 3.32. The van der Waals surface area contributed by atoms with E-state index in [9.17, 15) is 0 Å². The van der Waals surface area contributed by atoms with Gasteiger partial charge in [-0.1, -0.05) is 0 Å². The summed E-state index contributed by atoms with van der Waals surface area (Å²) in [7, 11) is 1.91. The Labute approximate surface area is 97.8 Å².